The molecule has 1 saturated heterocycles. The topological polar surface area (TPSA) is 60.9 Å². The Morgan fingerprint density at radius 2 is 1.74 bits per heavy atom. The Morgan fingerprint density at radius 1 is 1.16 bits per heavy atom. The van der Waals surface area contributed by atoms with E-state index in [0.29, 0.717) is 5.41 Å². The first-order valence-electron chi connectivity index (χ1n) is 7.24. The van der Waals surface area contributed by atoms with Crippen molar-refractivity contribution in [3.63, 3.8) is 0 Å². The van der Waals surface area contributed by atoms with Gasteiger partial charge in [-0.25, -0.2) is 4.79 Å². The molecule has 108 valence electrons. The Hall–Kier alpha value is -1.26. The number of carboxylic acids is 1. The van der Waals surface area contributed by atoms with Gasteiger partial charge in [0.1, 0.15) is 0 Å². The van der Waals surface area contributed by atoms with Gasteiger partial charge in [0.25, 0.3) is 0 Å². The van der Waals surface area contributed by atoms with E-state index in [-0.39, 0.29) is 19.0 Å². The number of hydrogen-bond donors (Lipinski definition) is 1. The Morgan fingerprint density at radius 3 is 2.26 bits per heavy atom. The molecule has 2 aliphatic rings. The van der Waals surface area contributed by atoms with Crippen molar-refractivity contribution in [2.45, 2.75) is 44.9 Å². The number of carbonyl (C=O) groups is 2. The van der Waals surface area contributed by atoms with Crippen molar-refractivity contribution >= 4 is 12.0 Å². The van der Waals surface area contributed by atoms with Crippen LogP contribution in [0.3, 0.4) is 0 Å². The van der Waals surface area contributed by atoms with Crippen molar-refractivity contribution in [2.75, 3.05) is 26.7 Å². The molecule has 0 aromatic carbocycles. The van der Waals surface area contributed by atoms with Crippen LogP contribution in [0.15, 0.2) is 0 Å². The molecule has 5 nitrogen and oxygen atoms in total. The molecule has 1 N–H and O–H groups in total. The van der Waals surface area contributed by atoms with Crippen LogP contribution in [0, 0.1) is 5.41 Å². The normalized spacial score (nSPS) is 21.6. The third-order valence-electron chi connectivity index (χ3n) is 4.75. The quantitative estimate of drug-likeness (QED) is 0.853. The summed E-state index contributed by atoms with van der Waals surface area (Å²) in [5.74, 6) is -0.858. The summed E-state index contributed by atoms with van der Waals surface area (Å²) in [6.45, 7) is 1.95. The average molecular weight is 268 g/mol. The van der Waals surface area contributed by atoms with Crippen LogP contribution in [-0.2, 0) is 4.79 Å². The number of piperidine rings is 1. The van der Waals surface area contributed by atoms with Crippen LogP contribution < -0.4 is 0 Å². The molecule has 1 aliphatic heterocycles. The highest BCUT2D eigenvalue weighted by Crippen LogP contribution is 2.46. The zero-order valence-electron chi connectivity index (χ0n) is 11.7. The Kier molecular flexibility index (Phi) is 4.32. The van der Waals surface area contributed by atoms with Gasteiger partial charge in [0.05, 0.1) is 6.42 Å². The molecular weight excluding hydrogens is 244 g/mol. The van der Waals surface area contributed by atoms with E-state index < -0.39 is 5.97 Å². The summed E-state index contributed by atoms with van der Waals surface area (Å²) in [6, 6.07) is -0.0194. The van der Waals surface area contributed by atoms with E-state index in [1.165, 1.54) is 30.6 Å². The van der Waals surface area contributed by atoms with Gasteiger partial charge in [0.2, 0.25) is 0 Å². The van der Waals surface area contributed by atoms with Crippen LogP contribution >= 0.6 is 0 Å². The van der Waals surface area contributed by atoms with Gasteiger partial charge in [0, 0.05) is 26.7 Å². The van der Waals surface area contributed by atoms with Crippen LogP contribution in [0.5, 0.6) is 0 Å². The minimum Gasteiger partial charge on any atom is -0.481 e. The van der Waals surface area contributed by atoms with Crippen molar-refractivity contribution in [3.05, 3.63) is 0 Å². The molecule has 2 fully saturated rings. The number of amides is 2. The van der Waals surface area contributed by atoms with Crippen LogP contribution in [0.4, 0.5) is 4.79 Å². The summed E-state index contributed by atoms with van der Waals surface area (Å²) in [4.78, 5) is 26.1. The lowest BCUT2D eigenvalue weighted by Gasteiger charge is -2.40. The van der Waals surface area contributed by atoms with E-state index >= 15 is 0 Å². The number of urea groups is 1. The third kappa shape index (κ3) is 3.39. The van der Waals surface area contributed by atoms with Gasteiger partial charge in [0.15, 0.2) is 0 Å². The fourth-order valence-electron chi connectivity index (χ4n) is 3.40. The highest BCUT2D eigenvalue weighted by molar-refractivity contribution is 5.75. The lowest BCUT2D eigenvalue weighted by Crippen LogP contribution is -2.47. The minimum absolute atomic E-state index is 0.0139. The number of likely N-dealkylation sites (tertiary alicyclic amines) is 1. The van der Waals surface area contributed by atoms with Gasteiger partial charge in [-0.3, -0.25) is 4.79 Å². The van der Waals surface area contributed by atoms with Crippen molar-refractivity contribution in [3.8, 4) is 0 Å². The molecule has 19 heavy (non-hydrogen) atoms. The van der Waals surface area contributed by atoms with Gasteiger partial charge in [-0.15, -0.1) is 0 Å². The summed E-state index contributed by atoms with van der Waals surface area (Å²) < 4.78 is 0. The molecule has 0 radical (unpaired) electrons. The second kappa shape index (κ2) is 5.80. The van der Waals surface area contributed by atoms with Gasteiger partial charge in [-0.2, -0.15) is 0 Å². The second-order valence-corrected chi connectivity index (χ2v) is 6.04. The van der Waals surface area contributed by atoms with E-state index in [1.54, 1.807) is 7.05 Å². The highest BCUT2D eigenvalue weighted by Gasteiger charge is 2.38. The van der Waals surface area contributed by atoms with Crippen LogP contribution in [0.25, 0.3) is 0 Å². The Bertz CT molecular complexity index is 341. The molecule has 0 aromatic heterocycles. The molecule has 1 heterocycles. The number of aliphatic carboxylic acids is 1. The fraction of sp³-hybridized carbons (Fsp3) is 0.857. The lowest BCUT2D eigenvalue weighted by molar-refractivity contribution is -0.137. The molecule has 0 bridgehead atoms. The van der Waals surface area contributed by atoms with E-state index in [2.05, 4.69) is 0 Å². The lowest BCUT2D eigenvalue weighted by atomic mass is 9.77. The van der Waals surface area contributed by atoms with Gasteiger partial charge in [-0.1, -0.05) is 12.8 Å². The average Bonchev–Trinajstić information content (AvgIpc) is 2.84. The number of hydrogen-bond acceptors (Lipinski definition) is 2. The summed E-state index contributed by atoms with van der Waals surface area (Å²) >= 11 is 0. The number of nitrogens with zero attached hydrogens (tertiary/aromatic N) is 2. The van der Waals surface area contributed by atoms with E-state index in [0.717, 1.165) is 25.9 Å². The summed E-state index contributed by atoms with van der Waals surface area (Å²) in [5.41, 5.74) is 0.510. The predicted octanol–water partition coefficient (Wildman–Crippen LogP) is 2.17. The third-order valence-corrected chi connectivity index (χ3v) is 4.75. The molecule has 2 amide bonds. The van der Waals surface area contributed by atoms with Crippen molar-refractivity contribution in [2.24, 2.45) is 5.41 Å². The first kappa shape index (κ1) is 14.2. The number of carboxylic acid groups (broad SMARTS) is 1. The predicted molar refractivity (Wildman–Crippen MR) is 72.0 cm³/mol. The molecule has 0 aromatic rings. The first-order chi connectivity index (χ1) is 9.02. The maximum atomic E-state index is 12.2. The zero-order chi connectivity index (χ0) is 13.9. The van der Waals surface area contributed by atoms with Crippen LogP contribution in [0.1, 0.15) is 44.9 Å². The van der Waals surface area contributed by atoms with Gasteiger partial charge >= 0.3 is 12.0 Å². The molecule has 1 spiro atoms. The Labute approximate surface area is 114 Å². The largest absolute Gasteiger partial charge is 0.481 e. The second-order valence-electron chi connectivity index (χ2n) is 6.04. The molecule has 2 rings (SSSR count). The van der Waals surface area contributed by atoms with E-state index in [4.69, 9.17) is 5.11 Å². The molecule has 1 aliphatic carbocycles. The summed E-state index contributed by atoms with van der Waals surface area (Å²) in [7, 11) is 1.69. The van der Waals surface area contributed by atoms with E-state index in [1.807, 2.05) is 4.90 Å². The van der Waals surface area contributed by atoms with Crippen molar-refractivity contribution in [1.82, 2.24) is 9.80 Å². The van der Waals surface area contributed by atoms with Gasteiger partial charge in [-0.05, 0) is 31.1 Å². The maximum Gasteiger partial charge on any atom is 0.319 e. The number of rotatable bonds is 3. The molecule has 0 atom stereocenters. The molecular formula is C14H24N2O3. The minimum atomic E-state index is -0.858. The highest BCUT2D eigenvalue weighted by atomic mass is 16.4. The summed E-state index contributed by atoms with van der Waals surface area (Å²) in [5, 5.41) is 8.64. The molecule has 0 unspecified atom stereocenters. The van der Waals surface area contributed by atoms with Crippen LogP contribution in [-0.4, -0.2) is 53.6 Å². The van der Waals surface area contributed by atoms with Gasteiger partial charge < -0.3 is 14.9 Å². The maximum absolute atomic E-state index is 12.2. The smallest absolute Gasteiger partial charge is 0.319 e. The fourth-order valence-corrected chi connectivity index (χ4v) is 3.40. The zero-order valence-corrected chi connectivity index (χ0v) is 11.7. The number of carbonyl (C=O) groups excluding carboxylic acids is 1. The van der Waals surface area contributed by atoms with E-state index in [9.17, 15) is 9.59 Å². The monoisotopic (exact) mass is 268 g/mol. The van der Waals surface area contributed by atoms with Crippen LogP contribution in [0.2, 0.25) is 0 Å². The SMILES string of the molecule is CN(CCC(=O)O)C(=O)N1CCC2(CCCC2)CC1. The van der Waals surface area contributed by atoms with Crippen molar-refractivity contribution < 1.29 is 14.7 Å². The molecule has 5 heteroatoms. The van der Waals surface area contributed by atoms with Crippen molar-refractivity contribution in [1.29, 1.82) is 0 Å². The Balaban J connectivity index is 1.80. The summed E-state index contributed by atoms with van der Waals surface area (Å²) in [6.07, 6.45) is 7.57. The standard InChI is InChI=1S/C14H24N2O3/c1-15(9-4-12(17)18)13(19)16-10-7-14(8-11-16)5-2-3-6-14/h2-11H2,1H3,(H,17,18). The molecule has 1 saturated carbocycles. The first-order valence-corrected chi connectivity index (χ1v) is 7.24.